The summed E-state index contributed by atoms with van der Waals surface area (Å²) in [5.41, 5.74) is -5.84. The molecule has 5 rings (SSSR count). The largest absolute Gasteiger partial charge is 0.416 e. The van der Waals surface area contributed by atoms with Crippen molar-refractivity contribution >= 4 is 5.91 Å². The minimum Gasteiger partial charge on any atom is -0.372 e. The van der Waals surface area contributed by atoms with E-state index in [1.807, 2.05) is 13.8 Å². The predicted molar refractivity (Wildman–Crippen MR) is 178 cm³/mol. The number of carbonyl (C=O) groups is 1. The molecule has 1 amide bonds. The van der Waals surface area contributed by atoms with Gasteiger partial charge in [-0.2, -0.15) is 52.7 Å². The minimum absolute atomic E-state index is 0.00899. The lowest BCUT2D eigenvalue weighted by Crippen LogP contribution is -2.71. The summed E-state index contributed by atoms with van der Waals surface area (Å²) in [4.78, 5) is 11.2. The molecule has 0 radical (unpaired) electrons. The van der Waals surface area contributed by atoms with Gasteiger partial charge in [-0.15, -0.1) is 0 Å². The lowest BCUT2D eigenvalue weighted by Gasteiger charge is -2.50. The van der Waals surface area contributed by atoms with Crippen molar-refractivity contribution in [1.82, 2.24) is 16.0 Å². The first-order valence-electron chi connectivity index (χ1n) is 17.3. The fourth-order valence-corrected chi connectivity index (χ4v) is 6.37. The fraction of sp³-hybridized carbons (Fsp3) is 0.595. The molecule has 3 N–H and O–H groups in total. The first-order valence-corrected chi connectivity index (χ1v) is 17.3. The van der Waals surface area contributed by atoms with Crippen LogP contribution in [0.25, 0.3) is 0 Å². The fourth-order valence-electron chi connectivity index (χ4n) is 6.37. The van der Waals surface area contributed by atoms with Crippen molar-refractivity contribution in [2.75, 3.05) is 26.3 Å². The Morgan fingerprint density at radius 3 is 1.33 bits per heavy atom. The summed E-state index contributed by atoms with van der Waals surface area (Å²) in [6.45, 7) is 11.9. The van der Waals surface area contributed by atoms with Crippen molar-refractivity contribution in [3.8, 4) is 0 Å². The number of benzene rings is 2. The third-order valence-electron chi connectivity index (χ3n) is 10.2. The van der Waals surface area contributed by atoms with Crippen molar-refractivity contribution in [1.29, 1.82) is 0 Å². The zero-order valence-electron chi connectivity index (χ0n) is 30.5. The van der Waals surface area contributed by atoms with Crippen molar-refractivity contribution < 1.29 is 67.0 Å². The maximum absolute atomic E-state index is 13.0. The minimum atomic E-state index is -4.89. The molecule has 0 bridgehead atoms. The Morgan fingerprint density at radius 1 is 0.655 bits per heavy atom. The second-order valence-electron chi connectivity index (χ2n) is 15.2. The molecule has 0 aromatic heterocycles. The van der Waals surface area contributed by atoms with E-state index in [-0.39, 0.29) is 47.9 Å². The van der Waals surface area contributed by atoms with Crippen LogP contribution in [-0.4, -0.2) is 48.8 Å². The standard InChI is InChI=1S/C19H22F6N2O2.C18H21F6NO/c1-11(12-5-13(18(20,21)22)7-14(6-12)19(23,24)25)29-10-16(2)3-4-17(9-26-16)8-15(28)27-17;1-11-4-5-16(3,25-9-11)10-26-12(2)13-6-14(17(19,20)21)8-15(7-13)18(22,23)24/h5-7,11,26H,3-4,8-10H2,1-2H3,(H,27,28);6-8,12,25H,1,4-5,9-10H2,2-3H3/t11-,16-,17?;12-,16-/m11/s1. The van der Waals surface area contributed by atoms with E-state index >= 15 is 0 Å². The highest BCUT2D eigenvalue weighted by Gasteiger charge is 2.48. The van der Waals surface area contributed by atoms with E-state index in [0.29, 0.717) is 50.2 Å². The number of amides is 1. The van der Waals surface area contributed by atoms with Crippen LogP contribution in [-0.2, 0) is 39.0 Å². The highest BCUT2D eigenvalue weighted by Crippen LogP contribution is 2.40. The highest BCUT2D eigenvalue weighted by molar-refractivity contribution is 5.84. The molecule has 0 aliphatic carbocycles. The molecule has 1 spiro atoms. The Morgan fingerprint density at radius 2 is 1.04 bits per heavy atom. The van der Waals surface area contributed by atoms with E-state index in [4.69, 9.17) is 9.47 Å². The first-order chi connectivity index (χ1) is 25.0. The van der Waals surface area contributed by atoms with Crippen molar-refractivity contribution in [2.45, 2.75) is 113 Å². The summed E-state index contributed by atoms with van der Waals surface area (Å²) in [7, 11) is 0. The normalized spacial score (nSPS) is 26.1. The zero-order chi connectivity index (χ0) is 41.4. The Balaban J connectivity index is 0.000000246. The number of halogens is 12. The lowest BCUT2D eigenvalue weighted by atomic mass is 9.75. The molecule has 3 fully saturated rings. The predicted octanol–water partition coefficient (Wildman–Crippen LogP) is 9.70. The van der Waals surface area contributed by atoms with Crippen LogP contribution in [0.1, 0.15) is 105 Å². The molecule has 2 aromatic rings. The third-order valence-corrected chi connectivity index (χ3v) is 10.2. The monoisotopic (exact) mass is 805 g/mol. The molecule has 2 aromatic carbocycles. The molecule has 55 heavy (non-hydrogen) atoms. The van der Waals surface area contributed by atoms with Gasteiger partial charge in [0.2, 0.25) is 5.91 Å². The second-order valence-corrected chi connectivity index (χ2v) is 15.2. The van der Waals surface area contributed by atoms with Gasteiger partial charge in [0.1, 0.15) is 0 Å². The van der Waals surface area contributed by atoms with Gasteiger partial charge in [0, 0.05) is 24.2 Å². The number of nitrogens with one attached hydrogen (secondary N) is 3. The number of ether oxygens (including phenoxy) is 2. The lowest BCUT2D eigenvalue weighted by molar-refractivity contribution is -0.145. The van der Waals surface area contributed by atoms with Crippen LogP contribution in [0, 0.1) is 0 Å². The summed E-state index contributed by atoms with van der Waals surface area (Å²) in [6, 6.07) is 3.01. The molecule has 3 aliphatic rings. The van der Waals surface area contributed by atoms with Gasteiger partial charge in [0.15, 0.2) is 0 Å². The molecular formula is C37H43F12N3O3. The molecule has 6 nitrogen and oxygen atoms in total. The summed E-state index contributed by atoms with van der Waals surface area (Å²) in [5.74, 6) is -0.00899. The maximum atomic E-state index is 13.0. The number of alkyl halides is 12. The smallest absolute Gasteiger partial charge is 0.372 e. The molecule has 308 valence electrons. The summed E-state index contributed by atoms with van der Waals surface area (Å²) >= 11 is 0. The Kier molecular flexibility index (Phi) is 12.8. The van der Waals surface area contributed by atoms with Gasteiger partial charge >= 0.3 is 24.7 Å². The third kappa shape index (κ3) is 11.8. The van der Waals surface area contributed by atoms with Crippen LogP contribution in [0.5, 0.6) is 0 Å². The van der Waals surface area contributed by atoms with Crippen LogP contribution in [0.3, 0.4) is 0 Å². The van der Waals surface area contributed by atoms with Crippen LogP contribution in [0.4, 0.5) is 52.7 Å². The average molecular weight is 806 g/mol. The van der Waals surface area contributed by atoms with E-state index in [1.54, 1.807) is 0 Å². The molecule has 0 saturated carbocycles. The highest BCUT2D eigenvalue weighted by atomic mass is 19.4. The maximum Gasteiger partial charge on any atom is 0.416 e. The average Bonchev–Trinajstić information content (AvgIpc) is 3.07. The molecule has 18 heteroatoms. The van der Waals surface area contributed by atoms with Crippen LogP contribution >= 0.6 is 0 Å². The summed E-state index contributed by atoms with van der Waals surface area (Å²) in [6.07, 6.45) is -18.1. The van der Waals surface area contributed by atoms with Crippen LogP contribution in [0.15, 0.2) is 48.6 Å². The zero-order valence-corrected chi connectivity index (χ0v) is 30.5. The van der Waals surface area contributed by atoms with Gasteiger partial charge in [0.05, 0.1) is 59.6 Å². The van der Waals surface area contributed by atoms with Gasteiger partial charge < -0.3 is 25.4 Å². The van der Waals surface area contributed by atoms with E-state index in [0.717, 1.165) is 24.8 Å². The Bertz CT molecular complexity index is 1610. The molecule has 5 atom stereocenters. The van der Waals surface area contributed by atoms with Crippen LogP contribution in [0.2, 0.25) is 0 Å². The van der Waals surface area contributed by atoms with E-state index < -0.39 is 70.2 Å². The summed E-state index contributed by atoms with van der Waals surface area (Å²) in [5, 5.41) is 9.40. The van der Waals surface area contributed by atoms with Gasteiger partial charge in [-0.05, 0) is 101 Å². The van der Waals surface area contributed by atoms with Gasteiger partial charge in [0.25, 0.3) is 0 Å². The Labute approximate surface area is 310 Å². The van der Waals surface area contributed by atoms with Crippen molar-refractivity contribution in [2.24, 2.45) is 0 Å². The first kappa shape index (κ1) is 44.4. The number of hydrogen-bond donors (Lipinski definition) is 3. The topological polar surface area (TPSA) is 71.6 Å². The number of hydrogen-bond acceptors (Lipinski definition) is 5. The molecule has 3 heterocycles. The SMILES string of the molecule is C=C1CC[C@](C)(CO[C@H](C)c2cc(C(F)(F)F)cc(C(F)(F)F)c2)NC1.C[C@@H](OC[C@@]1(C)CCC2(CN1)CC(=O)N2)c1cc(C(F)(F)F)cc(C(F)(F)F)c1. The van der Waals surface area contributed by atoms with E-state index in [9.17, 15) is 57.5 Å². The van der Waals surface area contributed by atoms with E-state index in [2.05, 4.69) is 22.5 Å². The van der Waals surface area contributed by atoms with Gasteiger partial charge in [-0.25, -0.2) is 0 Å². The molecule has 3 aliphatic heterocycles. The number of piperidine rings is 2. The van der Waals surface area contributed by atoms with Crippen molar-refractivity contribution in [3.63, 3.8) is 0 Å². The van der Waals surface area contributed by atoms with Crippen molar-refractivity contribution in [3.05, 3.63) is 81.9 Å². The molecule has 1 unspecified atom stereocenters. The number of β-lactam (4-membered cyclic amide) rings is 1. The van der Waals surface area contributed by atoms with Gasteiger partial charge in [-0.3, -0.25) is 4.79 Å². The molecule has 3 saturated heterocycles. The Hall–Kier alpha value is -3.35. The van der Waals surface area contributed by atoms with Crippen LogP contribution < -0.4 is 16.0 Å². The number of rotatable bonds is 8. The second kappa shape index (κ2) is 15.9. The van der Waals surface area contributed by atoms with Gasteiger partial charge in [-0.1, -0.05) is 12.2 Å². The number of carbonyl (C=O) groups excluding carboxylic acids is 1. The summed E-state index contributed by atoms with van der Waals surface area (Å²) < 4.78 is 167. The quantitative estimate of drug-likeness (QED) is 0.141. The molecular weight excluding hydrogens is 762 g/mol. The van der Waals surface area contributed by atoms with E-state index in [1.165, 1.54) is 13.8 Å².